The van der Waals surface area contributed by atoms with Crippen molar-refractivity contribution in [1.82, 2.24) is 9.78 Å². The average Bonchev–Trinajstić information content (AvgIpc) is 2.92. The highest BCUT2D eigenvalue weighted by Gasteiger charge is 2.21. The molecule has 0 aliphatic carbocycles. The lowest BCUT2D eigenvalue weighted by molar-refractivity contribution is -0.116. The van der Waals surface area contributed by atoms with E-state index in [4.69, 9.17) is 0 Å². The van der Waals surface area contributed by atoms with E-state index in [0.717, 1.165) is 30.6 Å². The van der Waals surface area contributed by atoms with Crippen molar-refractivity contribution in [2.24, 2.45) is 0 Å². The molecule has 24 heavy (non-hydrogen) atoms. The highest BCUT2D eigenvalue weighted by molar-refractivity contribution is 5.90. The number of hydrogen-bond donors (Lipinski definition) is 1. The number of aromatic nitrogens is 2. The van der Waals surface area contributed by atoms with Gasteiger partial charge in [0, 0.05) is 17.9 Å². The van der Waals surface area contributed by atoms with Crippen LogP contribution in [0.25, 0.3) is 5.69 Å². The van der Waals surface area contributed by atoms with Crippen LogP contribution in [0.5, 0.6) is 0 Å². The van der Waals surface area contributed by atoms with Crippen LogP contribution in [0.3, 0.4) is 0 Å². The molecule has 1 aromatic carbocycles. The number of carbonyl (C=O) groups is 1. The zero-order chi connectivity index (χ0) is 17.7. The minimum Gasteiger partial charge on any atom is -0.311 e. The van der Waals surface area contributed by atoms with Gasteiger partial charge in [-0.05, 0) is 30.7 Å². The Bertz CT molecular complexity index is 684. The van der Waals surface area contributed by atoms with E-state index in [2.05, 4.69) is 38.1 Å². The van der Waals surface area contributed by atoms with Crippen LogP contribution in [0.15, 0.2) is 30.3 Å². The fourth-order valence-corrected chi connectivity index (χ4v) is 2.36. The van der Waals surface area contributed by atoms with Gasteiger partial charge in [-0.1, -0.05) is 40.5 Å². The molecule has 0 saturated heterocycles. The predicted molar refractivity (Wildman–Crippen MR) is 95.0 cm³/mol. The van der Waals surface area contributed by atoms with Crippen LogP contribution in [0, 0.1) is 5.82 Å². The highest BCUT2D eigenvalue weighted by atomic mass is 19.1. The lowest BCUT2D eigenvalue weighted by Crippen LogP contribution is -2.14. The zero-order valence-corrected chi connectivity index (χ0v) is 14.9. The first-order chi connectivity index (χ1) is 11.3. The smallest absolute Gasteiger partial charge is 0.225 e. The standard InChI is InChI=1S/C19H26FN3O/c1-5-6-7-8-18(24)21-17-13-16(19(2,3)4)22-23(17)15-11-9-14(20)10-12-15/h9-13H,5-8H2,1-4H3,(H,21,24). The van der Waals surface area contributed by atoms with Crippen LogP contribution in [-0.4, -0.2) is 15.7 Å². The van der Waals surface area contributed by atoms with Crippen molar-refractivity contribution in [3.05, 3.63) is 41.8 Å². The summed E-state index contributed by atoms with van der Waals surface area (Å²) in [5, 5.41) is 7.55. The van der Waals surface area contributed by atoms with Crippen LogP contribution < -0.4 is 5.32 Å². The molecule has 1 N–H and O–H groups in total. The second kappa shape index (κ2) is 7.60. The monoisotopic (exact) mass is 331 g/mol. The number of nitrogens with one attached hydrogen (secondary N) is 1. The largest absolute Gasteiger partial charge is 0.311 e. The van der Waals surface area contributed by atoms with Gasteiger partial charge in [-0.2, -0.15) is 5.10 Å². The number of nitrogens with zero attached hydrogens (tertiary/aromatic N) is 2. The molecule has 0 aliphatic rings. The summed E-state index contributed by atoms with van der Waals surface area (Å²) in [4.78, 5) is 12.2. The highest BCUT2D eigenvalue weighted by Crippen LogP contribution is 2.26. The molecule has 0 radical (unpaired) electrons. The van der Waals surface area contributed by atoms with E-state index >= 15 is 0 Å². The number of hydrogen-bond acceptors (Lipinski definition) is 2. The second-order valence-electron chi connectivity index (χ2n) is 7.06. The minimum atomic E-state index is -0.299. The normalized spacial score (nSPS) is 11.5. The summed E-state index contributed by atoms with van der Waals surface area (Å²) in [5.74, 6) is 0.298. The van der Waals surface area contributed by atoms with Crippen molar-refractivity contribution < 1.29 is 9.18 Å². The van der Waals surface area contributed by atoms with Gasteiger partial charge in [0.15, 0.2) is 0 Å². The van der Waals surface area contributed by atoms with E-state index < -0.39 is 0 Å². The molecule has 5 heteroatoms. The maximum absolute atomic E-state index is 13.2. The van der Waals surface area contributed by atoms with Gasteiger partial charge in [-0.15, -0.1) is 0 Å². The number of anilines is 1. The van der Waals surface area contributed by atoms with Gasteiger partial charge in [0.25, 0.3) is 0 Å². The maximum atomic E-state index is 13.2. The lowest BCUT2D eigenvalue weighted by Gasteiger charge is -2.14. The molecule has 0 saturated carbocycles. The lowest BCUT2D eigenvalue weighted by atomic mass is 9.92. The topological polar surface area (TPSA) is 46.9 Å². The molecule has 2 aromatic rings. The Hall–Kier alpha value is -2.17. The number of carbonyl (C=O) groups excluding carboxylic acids is 1. The summed E-state index contributed by atoms with van der Waals surface area (Å²) in [6, 6.07) is 7.98. The summed E-state index contributed by atoms with van der Waals surface area (Å²) in [7, 11) is 0. The minimum absolute atomic E-state index is 0.0211. The quantitative estimate of drug-likeness (QED) is 0.771. The number of unbranched alkanes of at least 4 members (excludes halogenated alkanes) is 2. The van der Waals surface area contributed by atoms with E-state index in [-0.39, 0.29) is 17.1 Å². The van der Waals surface area contributed by atoms with Crippen LogP contribution >= 0.6 is 0 Å². The van der Waals surface area contributed by atoms with E-state index in [9.17, 15) is 9.18 Å². The first-order valence-corrected chi connectivity index (χ1v) is 8.47. The summed E-state index contributed by atoms with van der Waals surface area (Å²) >= 11 is 0. The van der Waals surface area contributed by atoms with Crippen molar-refractivity contribution in [2.75, 3.05) is 5.32 Å². The van der Waals surface area contributed by atoms with Gasteiger partial charge >= 0.3 is 0 Å². The van der Waals surface area contributed by atoms with Gasteiger partial charge in [-0.3, -0.25) is 4.79 Å². The van der Waals surface area contributed by atoms with Crippen LogP contribution in [0.4, 0.5) is 10.2 Å². The SMILES string of the molecule is CCCCCC(=O)Nc1cc(C(C)(C)C)nn1-c1ccc(F)cc1. The van der Waals surface area contributed by atoms with Gasteiger partial charge in [0.1, 0.15) is 11.6 Å². The Morgan fingerprint density at radius 2 is 1.88 bits per heavy atom. The Morgan fingerprint density at radius 1 is 1.21 bits per heavy atom. The molecule has 0 spiro atoms. The van der Waals surface area contributed by atoms with Gasteiger partial charge in [-0.25, -0.2) is 9.07 Å². The molecule has 0 fully saturated rings. The molecule has 0 atom stereocenters. The summed E-state index contributed by atoms with van der Waals surface area (Å²) in [6.45, 7) is 8.31. The average molecular weight is 331 g/mol. The molecule has 0 aliphatic heterocycles. The van der Waals surface area contributed by atoms with Crippen molar-refractivity contribution in [2.45, 2.75) is 58.8 Å². The van der Waals surface area contributed by atoms with Crippen molar-refractivity contribution in [3.8, 4) is 5.69 Å². The van der Waals surface area contributed by atoms with Crippen LogP contribution in [0.1, 0.15) is 59.1 Å². The first kappa shape index (κ1) is 18.2. The van der Waals surface area contributed by atoms with Gasteiger partial charge < -0.3 is 5.32 Å². The molecular formula is C19H26FN3O. The Kier molecular flexibility index (Phi) is 5.75. The van der Waals surface area contributed by atoms with Crippen LogP contribution in [-0.2, 0) is 10.2 Å². The van der Waals surface area contributed by atoms with E-state index in [1.807, 2.05) is 6.07 Å². The molecule has 1 heterocycles. The van der Waals surface area contributed by atoms with Gasteiger partial charge in [0.05, 0.1) is 11.4 Å². The third-order valence-electron chi connectivity index (χ3n) is 3.82. The molecule has 4 nitrogen and oxygen atoms in total. The summed E-state index contributed by atoms with van der Waals surface area (Å²) in [6.07, 6.45) is 3.49. The number of rotatable bonds is 6. The molecule has 2 rings (SSSR count). The second-order valence-corrected chi connectivity index (χ2v) is 7.06. The number of halogens is 1. The maximum Gasteiger partial charge on any atom is 0.225 e. The third kappa shape index (κ3) is 4.66. The van der Waals surface area contributed by atoms with Crippen LogP contribution in [0.2, 0.25) is 0 Å². The molecule has 0 bridgehead atoms. The number of amides is 1. The molecule has 0 unspecified atom stereocenters. The Balaban J connectivity index is 2.29. The predicted octanol–water partition coefficient (Wildman–Crippen LogP) is 4.83. The van der Waals surface area contributed by atoms with Gasteiger partial charge in [0.2, 0.25) is 5.91 Å². The molecular weight excluding hydrogens is 305 g/mol. The molecule has 1 amide bonds. The fraction of sp³-hybridized carbons (Fsp3) is 0.474. The Morgan fingerprint density at radius 3 is 2.46 bits per heavy atom. The molecule has 1 aromatic heterocycles. The van der Waals surface area contributed by atoms with Crippen molar-refractivity contribution in [1.29, 1.82) is 0 Å². The third-order valence-corrected chi connectivity index (χ3v) is 3.82. The fourth-order valence-electron chi connectivity index (χ4n) is 2.36. The van der Waals surface area contributed by atoms with E-state index in [1.165, 1.54) is 12.1 Å². The summed E-state index contributed by atoms with van der Waals surface area (Å²) in [5.41, 5.74) is 1.44. The molecule has 130 valence electrons. The van der Waals surface area contributed by atoms with Crippen molar-refractivity contribution in [3.63, 3.8) is 0 Å². The van der Waals surface area contributed by atoms with E-state index in [0.29, 0.717) is 12.2 Å². The summed E-state index contributed by atoms with van der Waals surface area (Å²) < 4.78 is 14.8. The number of benzene rings is 1. The van der Waals surface area contributed by atoms with Crippen molar-refractivity contribution >= 4 is 11.7 Å². The zero-order valence-electron chi connectivity index (χ0n) is 14.9. The van der Waals surface area contributed by atoms with E-state index in [1.54, 1.807) is 16.8 Å². The Labute approximate surface area is 143 Å². The first-order valence-electron chi connectivity index (χ1n) is 8.47.